The van der Waals surface area contributed by atoms with Gasteiger partial charge in [-0.3, -0.25) is 9.89 Å². The minimum Gasteiger partial charge on any atom is -0.346 e. The molecule has 1 heterocycles. The first-order chi connectivity index (χ1) is 9.95. The second-order valence-electron chi connectivity index (χ2n) is 7.66. The highest BCUT2D eigenvalue weighted by molar-refractivity contribution is 5.90. The van der Waals surface area contributed by atoms with E-state index >= 15 is 0 Å². The molecule has 2 saturated carbocycles. The molecule has 0 aromatic carbocycles. The van der Waals surface area contributed by atoms with Gasteiger partial charge in [-0.25, -0.2) is 4.98 Å². The molecule has 2 unspecified atom stereocenters. The Labute approximate surface area is 126 Å². The molecule has 1 aromatic rings. The van der Waals surface area contributed by atoms with Crippen molar-refractivity contribution in [2.75, 3.05) is 0 Å². The third kappa shape index (κ3) is 3.27. The number of H-pyrrole nitrogens is 1. The second kappa shape index (κ2) is 5.43. The van der Waals surface area contributed by atoms with Crippen LogP contribution in [0.3, 0.4) is 0 Å². The topological polar surface area (TPSA) is 70.7 Å². The van der Waals surface area contributed by atoms with Crippen LogP contribution >= 0.6 is 0 Å². The number of nitrogens with zero attached hydrogens (tertiary/aromatic N) is 2. The van der Waals surface area contributed by atoms with Gasteiger partial charge in [0, 0.05) is 12.0 Å². The highest BCUT2D eigenvalue weighted by atomic mass is 16.2. The average Bonchev–Trinajstić information content (AvgIpc) is 3.15. The number of rotatable bonds is 3. The maximum absolute atomic E-state index is 12.4. The summed E-state index contributed by atoms with van der Waals surface area (Å²) in [4.78, 5) is 16.7. The molecule has 2 aliphatic rings. The van der Waals surface area contributed by atoms with Crippen molar-refractivity contribution in [2.45, 2.75) is 71.3 Å². The van der Waals surface area contributed by atoms with Crippen molar-refractivity contribution >= 4 is 5.91 Å². The third-order valence-electron chi connectivity index (χ3n) is 4.86. The van der Waals surface area contributed by atoms with E-state index in [0.717, 1.165) is 25.1 Å². The van der Waals surface area contributed by atoms with E-state index in [9.17, 15) is 4.79 Å². The van der Waals surface area contributed by atoms with Gasteiger partial charge in [0.2, 0.25) is 5.82 Å². The number of hydrogen-bond donors (Lipinski definition) is 2. The van der Waals surface area contributed by atoms with E-state index in [-0.39, 0.29) is 17.4 Å². The van der Waals surface area contributed by atoms with E-state index in [1.54, 1.807) is 0 Å². The smallest absolute Gasteiger partial charge is 0.291 e. The number of aromatic amines is 1. The van der Waals surface area contributed by atoms with Crippen LogP contribution in [0.4, 0.5) is 0 Å². The number of carbonyl (C=O) groups is 1. The predicted molar refractivity (Wildman–Crippen MR) is 81.0 cm³/mol. The maximum Gasteiger partial charge on any atom is 0.291 e. The summed E-state index contributed by atoms with van der Waals surface area (Å²) in [6, 6.07) is 0.245. The summed E-state index contributed by atoms with van der Waals surface area (Å²) < 4.78 is 0. The van der Waals surface area contributed by atoms with E-state index in [1.165, 1.54) is 19.3 Å². The Kier molecular flexibility index (Phi) is 3.76. The van der Waals surface area contributed by atoms with Crippen LogP contribution in [0, 0.1) is 11.3 Å². The largest absolute Gasteiger partial charge is 0.346 e. The monoisotopic (exact) mass is 290 g/mol. The minimum absolute atomic E-state index is 0.126. The molecule has 2 N–H and O–H groups in total. The van der Waals surface area contributed by atoms with Gasteiger partial charge in [-0.1, -0.05) is 33.6 Å². The Morgan fingerprint density at radius 3 is 2.57 bits per heavy atom. The Hall–Kier alpha value is -1.39. The Morgan fingerprint density at radius 1 is 1.19 bits per heavy atom. The number of amides is 1. The summed E-state index contributed by atoms with van der Waals surface area (Å²) in [7, 11) is 0. The number of hydrogen-bond acceptors (Lipinski definition) is 3. The van der Waals surface area contributed by atoms with Gasteiger partial charge >= 0.3 is 0 Å². The van der Waals surface area contributed by atoms with Crippen molar-refractivity contribution in [2.24, 2.45) is 11.3 Å². The fraction of sp³-hybridized carbons (Fsp3) is 0.812. The number of aromatic nitrogens is 3. The molecule has 0 bridgehead atoms. The van der Waals surface area contributed by atoms with Crippen LogP contribution in [-0.2, 0) is 0 Å². The molecule has 0 radical (unpaired) electrons. The SMILES string of the molecule is CC(C)(C)C1CCCCC1NC(=O)c1n[nH]c(C2CC2)n1. The van der Waals surface area contributed by atoms with Gasteiger partial charge in [-0.05, 0) is 37.0 Å². The third-order valence-corrected chi connectivity index (χ3v) is 4.86. The van der Waals surface area contributed by atoms with Crippen LogP contribution in [0.25, 0.3) is 0 Å². The summed E-state index contributed by atoms with van der Waals surface area (Å²) in [5, 5.41) is 10.2. The van der Waals surface area contributed by atoms with Gasteiger partial charge in [-0.2, -0.15) is 0 Å². The molecule has 0 aliphatic heterocycles. The first-order valence-corrected chi connectivity index (χ1v) is 8.18. The minimum atomic E-state index is -0.126. The predicted octanol–water partition coefficient (Wildman–Crippen LogP) is 3.02. The lowest BCUT2D eigenvalue weighted by molar-refractivity contribution is 0.0820. The second-order valence-corrected chi connectivity index (χ2v) is 7.66. The molecule has 2 atom stereocenters. The lowest BCUT2D eigenvalue weighted by Gasteiger charge is -2.40. The normalized spacial score (nSPS) is 26.6. The molecule has 5 nitrogen and oxygen atoms in total. The number of nitrogens with one attached hydrogen (secondary N) is 2. The van der Waals surface area contributed by atoms with Crippen LogP contribution in [0.15, 0.2) is 0 Å². The van der Waals surface area contributed by atoms with Gasteiger partial charge < -0.3 is 5.32 Å². The highest BCUT2D eigenvalue weighted by Gasteiger charge is 2.35. The van der Waals surface area contributed by atoms with E-state index in [4.69, 9.17) is 0 Å². The Bertz CT molecular complexity index is 513. The molecule has 0 spiro atoms. The summed E-state index contributed by atoms with van der Waals surface area (Å²) in [6.07, 6.45) is 7.03. The molecule has 2 fully saturated rings. The van der Waals surface area contributed by atoms with E-state index in [2.05, 4.69) is 41.3 Å². The van der Waals surface area contributed by atoms with Crippen molar-refractivity contribution in [3.05, 3.63) is 11.6 Å². The molecule has 2 aliphatic carbocycles. The zero-order valence-corrected chi connectivity index (χ0v) is 13.3. The van der Waals surface area contributed by atoms with Gasteiger partial charge in [0.25, 0.3) is 5.91 Å². The first kappa shape index (κ1) is 14.5. The molecule has 0 saturated heterocycles. The van der Waals surface area contributed by atoms with Crippen LogP contribution in [0.5, 0.6) is 0 Å². The zero-order valence-electron chi connectivity index (χ0n) is 13.3. The molecule has 21 heavy (non-hydrogen) atoms. The number of carbonyl (C=O) groups excluding carboxylic acids is 1. The first-order valence-electron chi connectivity index (χ1n) is 8.18. The standard InChI is InChI=1S/C16H26N4O/c1-16(2,3)11-6-4-5-7-12(11)17-15(21)14-18-13(19-20-14)10-8-9-10/h10-12H,4-9H2,1-3H3,(H,17,21)(H,18,19,20). The molecule has 3 rings (SSSR count). The van der Waals surface area contributed by atoms with Crippen LogP contribution in [0.2, 0.25) is 0 Å². The molecular weight excluding hydrogens is 264 g/mol. The Morgan fingerprint density at radius 2 is 1.90 bits per heavy atom. The summed E-state index contributed by atoms with van der Waals surface area (Å²) in [5.74, 6) is 2.07. The molecule has 1 amide bonds. The van der Waals surface area contributed by atoms with E-state index in [0.29, 0.717) is 17.7 Å². The summed E-state index contributed by atoms with van der Waals surface area (Å²) >= 11 is 0. The molecular formula is C16H26N4O. The fourth-order valence-corrected chi connectivity index (χ4v) is 3.49. The van der Waals surface area contributed by atoms with Gasteiger partial charge in [0.1, 0.15) is 5.82 Å². The van der Waals surface area contributed by atoms with Crippen molar-refractivity contribution in [3.63, 3.8) is 0 Å². The average molecular weight is 290 g/mol. The molecule has 1 aromatic heterocycles. The summed E-state index contributed by atoms with van der Waals surface area (Å²) in [5.41, 5.74) is 0.219. The molecule has 5 heteroatoms. The lowest BCUT2D eigenvalue weighted by atomic mass is 9.69. The highest BCUT2D eigenvalue weighted by Crippen LogP contribution is 2.39. The van der Waals surface area contributed by atoms with Crippen molar-refractivity contribution in [3.8, 4) is 0 Å². The van der Waals surface area contributed by atoms with Crippen LogP contribution < -0.4 is 5.32 Å². The van der Waals surface area contributed by atoms with Gasteiger partial charge in [-0.15, -0.1) is 5.10 Å². The molecule has 116 valence electrons. The van der Waals surface area contributed by atoms with E-state index in [1.807, 2.05) is 0 Å². The van der Waals surface area contributed by atoms with Crippen molar-refractivity contribution < 1.29 is 4.79 Å². The fourth-order valence-electron chi connectivity index (χ4n) is 3.49. The summed E-state index contributed by atoms with van der Waals surface area (Å²) in [6.45, 7) is 6.79. The van der Waals surface area contributed by atoms with Crippen LogP contribution in [0.1, 0.15) is 81.7 Å². The van der Waals surface area contributed by atoms with Crippen molar-refractivity contribution in [1.29, 1.82) is 0 Å². The van der Waals surface area contributed by atoms with Crippen LogP contribution in [-0.4, -0.2) is 27.1 Å². The Balaban J connectivity index is 1.66. The maximum atomic E-state index is 12.4. The van der Waals surface area contributed by atoms with Gasteiger partial charge in [0.05, 0.1) is 0 Å². The van der Waals surface area contributed by atoms with E-state index < -0.39 is 0 Å². The quantitative estimate of drug-likeness (QED) is 0.899. The van der Waals surface area contributed by atoms with Gasteiger partial charge in [0.15, 0.2) is 0 Å². The lowest BCUT2D eigenvalue weighted by Crippen LogP contribution is -2.46. The van der Waals surface area contributed by atoms with Crippen molar-refractivity contribution in [1.82, 2.24) is 20.5 Å². The zero-order chi connectivity index (χ0) is 15.0.